The summed E-state index contributed by atoms with van der Waals surface area (Å²) in [7, 11) is 0. The van der Waals surface area contributed by atoms with Crippen molar-refractivity contribution < 1.29 is 14.7 Å². The first-order valence-corrected chi connectivity index (χ1v) is 8.66. The number of piperazine rings is 1. The zero-order valence-electron chi connectivity index (χ0n) is 15.0. The lowest BCUT2D eigenvalue weighted by Crippen LogP contribution is -2.51. The van der Waals surface area contributed by atoms with Crippen LogP contribution in [0, 0.1) is 13.8 Å². The lowest BCUT2D eigenvalue weighted by molar-refractivity contribution is 0.0668. The van der Waals surface area contributed by atoms with Gasteiger partial charge in [0.1, 0.15) is 5.75 Å². The van der Waals surface area contributed by atoms with Crippen LogP contribution in [-0.4, -0.2) is 53.0 Å². The molecule has 0 aromatic heterocycles. The average molecular weight is 353 g/mol. The van der Waals surface area contributed by atoms with Crippen molar-refractivity contribution in [3.8, 4) is 5.75 Å². The van der Waals surface area contributed by atoms with Gasteiger partial charge in [-0.25, -0.2) is 4.79 Å². The maximum atomic E-state index is 12.5. The van der Waals surface area contributed by atoms with Crippen LogP contribution in [0.25, 0.3) is 0 Å². The molecule has 0 atom stereocenters. The van der Waals surface area contributed by atoms with E-state index in [9.17, 15) is 14.7 Å². The summed E-state index contributed by atoms with van der Waals surface area (Å²) in [4.78, 5) is 28.4. The summed E-state index contributed by atoms with van der Waals surface area (Å²) >= 11 is 0. The van der Waals surface area contributed by atoms with Crippen LogP contribution in [0.1, 0.15) is 21.5 Å². The van der Waals surface area contributed by atoms with Gasteiger partial charge in [-0.3, -0.25) is 4.79 Å². The molecule has 3 amide bonds. The van der Waals surface area contributed by atoms with Gasteiger partial charge in [-0.05, 0) is 37.6 Å². The Bertz CT molecular complexity index is 827. The fraction of sp³-hybridized carbons (Fsp3) is 0.300. The van der Waals surface area contributed by atoms with Crippen molar-refractivity contribution in [3.05, 3.63) is 59.2 Å². The normalized spacial score (nSPS) is 14.2. The van der Waals surface area contributed by atoms with E-state index in [0.717, 1.165) is 16.8 Å². The van der Waals surface area contributed by atoms with Crippen molar-refractivity contribution in [2.24, 2.45) is 0 Å². The van der Waals surface area contributed by atoms with E-state index in [1.54, 1.807) is 28.0 Å². The number of para-hydroxylation sites is 1. The van der Waals surface area contributed by atoms with Gasteiger partial charge in [0.2, 0.25) is 0 Å². The molecule has 0 radical (unpaired) electrons. The van der Waals surface area contributed by atoms with Crippen molar-refractivity contribution in [1.82, 2.24) is 9.80 Å². The number of aryl methyl sites for hydroxylation is 2. The van der Waals surface area contributed by atoms with E-state index in [1.165, 1.54) is 6.07 Å². The molecule has 0 bridgehead atoms. The number of urea groups is 1. The minimum absolute atomic E-state index is 0.0208. The Morgan fingerprint density at radius 1 is 0.962 bits per heavy atom. The van der Waals surface area contributed by atoms with E-state index >= 15 is 0 Å². The summed E-state index contributed by atoms with van der Waals surface area (Å²) in [5.41, 5.74) is 3.26. The van der Waals surface area contributed by atoms with E-state index < -0.39 is 0 Å². The van der Waals surface area contributed by atoms with Crippen molar-refractivity contribution in [3.63, 3.8) is 0 Å². The van der Waals surface area contributed by atoms with Crippen LogP contribution < -0.4 is 5.32 Å². The molecule has 6 nitrogen and oxygen atoms in total. The number of carbonyl (C=O) groups is 2. The van der Waals surface area contributed by atoms with Crippen molar-refractivity contribution in [2.45, 2.75) is 13.8 Å². The molecule has 1 fully saturated rings. The zero-order chi connectivity index (χ0) is 18.7. The predicted molar refractivity (Wildman–Crippen MR) is 101 cm³/mol. The van der Waals surface area contributed by atoms with Crippen LogP contribution >= 0.6 is 0 Å². The van der Waals surface area contributed by atoms with E-state index in [4.69, 9.17) is 0 Å². The highest BCUT2D eigenvalue weighted by Gasteiger charge is 2.26. The number of anilines is 1. The number of phenols is 1. The second-order valence-corrected chi connectivity index (χ2v) is 6.54. The lowest BCUT2D eigenvalue weighted by Gasteiger charge is -2.35. The van der Waals surface area contributed by atoms with Gasteiger partial charge in [0.25, 0.3) is 5.91 Å². The highest BCUT2D eigenvalue weighted by atomic mass is 16.3. The standard InChI is InChI=1S/C20H23N3O3/c1-14-7-8-17(15(2)13-14)21-20(26)23-11-9-22(10-12-23)19(25)16-5-3-4-6-18(16)24/h3-8,13,24H,9-12H2,1-2H3,(H,21,26). The molecule has 0 aliphatic carbocycles. The van der Waals surface area contributed by atoms with Crippen LogP contribution in [0.3, 0.4) is 0 Å². The number of carbonyl (C=O) groups excluding carboxylic acids is 2. The van der Waals surface area contributed by atoms with Gasteiger partial charge in [0.15, 0.2) is 0 Å². The summed E-state index contributed by atoms with van der Waals surface area (Å²) in [6.07, 6.45) is 0. The molecular weight excluding hydrogens is 330 g/mol. The Hall–Kier alpha value is -3.02. The minimum atomic E-state index is -0.211. The molecule has 1 heterocycles. The monoisotopic (exact) mass is 353 g/mol. The molecule has 26 heavy (non-hydrogen) atoms. The Kier molecular flexibility index (Phi) is 5.11. The van der Waals surface area contributed by atoms with Gasteiger partial charge in [0, 0.05) is 31.9 Å². The summed E-state index contributed by atoms with van der Waals surface area (Å²) in [6.45, 7) is 5.76. The summed E-state index contributed by atoms with van der Waals surface area (Å²) in [5.74, 6) is -0.231. The maximum absolute atomic E-state index is 12.5. The number of aromatic hydroxyl groups is 1. The van der Waals surface area contributed by atoms with Gasteiger partial charge in [-0.15, -0.1) is 0 Å². The number of rotatable bonds is 2. The first-order valence-electron chi connectivity index (χ1n) is 8.66. The lowest BCUT2D eigenvalue weighted by atomic mass is 10.1. The minimum Gasteiger partial charge on any atom is -0.507 e. The third kappa shape index (κ3) is 3.79. The molecule has 0 unspecified atom stereocenters. The van der Waals surface area contributed by atoms with Crippen molar-refractivity contribution in [1.29, 1.82) is 0 Å². The van der Waals surface area contributed by atoms with E-state index in [0.29, 0.717) is 31.7 Å². The molecule has 1 aliphatic heterocycles. The molecule has 2 N–H and O–H groups in total. The molecule has 2 aromatic carbocycles. The smallest absolute Gasteiger partial charge is 0.321 e. The summed E-state index contributed by atoms with van der Waals surface area (Å²) in [5, 5.41) is 12.8. The third-order valence-electron chi connectivity index (χ3n) is 4.61. The van der Waals surface area contributed by atoms with Gasteiger partial charge in [-0.1, -0.05) is 29.8 Å². The second kappa shape index (κ2) is 7.47. The fourth-order valence-electron chi connectivity index (χ4n) is 3.09. The van der Waals surface area contributed by atoms with E-state index in [-0.39, 0.29) is 17.7 Å². The molecular formula is C20H23N3O3. The Labute approximate surface area is 153 Å². The first-order chi connectivity index (χ1) is 12.5. The summed E-state index contributed by atoms with van der Waals surface area (Å²) < 4.78 is 0. The molecule has 0 spiro atoms. The molecule has 6 heteroatoms. The molecule has 136 valence electrons. The number of nitrogens with one attached hydrogen (secondary N) is 1. The molecule has 1 aliphatic rings. The van der Waals surface area contributed by atoms with Crippen LogP contribution in [0.4, 0.5) is 10.5 Å². The van der Waals surface area contributed by atoms with E-state index in [2.05, 4.69) is 5.32 Å². The van der Waals surface area contributed by atoms with Crippen molar-refractivity contribution in [2.75, 3.05) is 31.5 Å². The fourth-order valence-corrected chi connectivity index (χ4v) is 3.09. The van der Waals surface area contributed by atoms with Crippen LogP contribution in [0.5, 0.6) is 5.75 Å². The van der Waals surface area contributed by atoms with Gasteiger partial charge in [-0.2, -0.15) is 0 Å². The summed E-state index contributed by atoms with van der Waals surface area (Å²) in [6, 6.07) is 12.2. The first kappa shape index (κ1) is 17.8. The average Bonchev–Trinajstić information content (AvgIpc) is 2.64. The number of amides is 3. The number of benzene rings is 2. The number of nitrogens with zero attached hydrogens (tertiary/aromatic N) is 2. The van der Waals surface area contributed by atoms with Crippen LogP contribution in [0.2, 0.25) is 0 Å². The Morgan fingerprint density at radius 2 is 1.62 bits per heavy atom. The number of phenolic OH excluding ortho intramolecular Hbond substituents is 1. The Balaban J connectivity index is 1.59. The molecule has 0 saturated carbocycles. The number of hydrogen-bond donors (Lipinski definition) is 2. The maximum Gasteiger partial charge on any atom is 0.321 e. The van der Waals surface area contributed by atoms with Gasteiger partial charge >= 0.3 is 6.03 Å². The van der Waals surface area contributed by atoms with Crippen LogP contribution in [-0.2, 0) is 0 Å². The van der Waals surface area contributed by atoms with Crippen molar-refractivity contribution >= 4 is 17.6 Å². The van der Waals surface area contributed by atoms with E-state index in [1.807, 2.05) is 32.0 Å². The predicted octanol–water partition coefficient (Wildman–Crippen LogP) is 3.00. The molecule has 2 aromatic rings. The highest BCUT2D eigenvalue weighted by Crippen LogP contribution is 2.20. The Morgan fingerprint density at radius 3 is 2.27 bits per heavy atom. The molecule has 3 rings (SSSR count). The third-order valence-corrected chi connectivity index (χ3v) is 4.61. The molecule has 1 saturated heterocycles. The topological polar surface area (TPSA) is 72.9 Å². The van der Waals surface area contributed by atoms with Crippen LogP contribution in [0.15, 0.2) is 42.5 Å². The number of hydrogen-bond acceptors (Lipinski definition) is 3. The quantitative estimate of drug-likeness (QED) is 0.872. The van der Waals surface area contributed by atoms with Gasteiger partial charge in [0.05, 0.1) is 5.56 Å². The highest BCUT2D eigenvalue weighted by molar-refractivity contribution is 5.97. The second-order valence-electron chi connectivity index (χ2n) is 6.54. The SMILES string of the molecule is Cc1ccc(NC(=O)N2CCN(C(=O)c3ccccc3O)CC2)c(C)c1. The van der Waals surface area contributed by atoms with Gasteiger partial charge < -0.3 is 20.2 Å². The largest absolute Gasteiger partial charge is 0.507 e. The zero-order valence-corrected chi connectivity index (χ0v) is 15.0.